The fraction of sp³-hybridized carbons (Fsp3) is 0.321. The van der Waals surface area contributed by atoms with Crippen molar-refractivity contribution in [3.8, 4) is 17.3 Å². The molecule has 5 aromatic rings. The number of methoxy groups -OCH3 is 1. The predicted molar refractivity (Wildman–Crippen MR) is 148 cm³/mol. The number of benzene rings is 1. The van der Waals surface area contributed by atoms with Gasteiger partial charge in [0.2, 0.25) is 5.95 Å². The number of para-hydroxylation sites is 1. The number of H-pyrrole nitrogens is 1. The summed E-state index contributed by atoms with van der Waals surface area (Å²) in [5, 5.41) is 9.26. The van der Waals surface area contributed by atoms with E-state index in [0.717, 1.165) is 37.6 Å². The van der Waals surface area contributed by atoms with Gasteiger partial charge in [-0.2, -0.15) is 19.9 Å². The molecule has 4 aromatic heterocycles. The summed E-state index contributed by atoms with van der Waals surface area (Å²) in [6.07, 6.45) is 7.90. The molecule has 13 nitrogen and oxygen atoms in total. The fourth-order valence-electron chi connectivity index (χ4n) is 6.07. The summed E-state index contributed by atoms with van der Waals surface area (Å²) in [6, 6.07) is 9.91. The van der Waals surface area contributed by atoms with Crippen LogP contribution in [-0.2, 0) is 4.79 Å². The average molecular weight is 553 g/mol. The van der Waals surface area contributed by atoms with Crippen LogP contribution < -0.4 is 9.64 Å². The Kier molecular flexibility index (Phi) is 5.80. The molecule has 0 aliphatic carbocycles. The molecule has 0 saturated carbocycles. The SMILES string of the molecule is COc1cnc(-n2cnc(C)n2)c2[nH]cc(C(=O)C(=O)N3CCC4(CCN(c5ncnn5-c5ccccc5)C4)C3)c12. The van der Waals surface area contributed by atoms with Crippen molar-refractivity contribution in [1.82, 2.24) is 44.4 Å². The maximum atomic E-state index is 13.6. The van der Waals surface area contributed by atoms with Crippen molar-refractivity contribution in [3.05, 3.63) is 66.8 Å². The molecule has 41 heavy (non-hydrogen) atoms. The molecule has 208 valence electrons. The number of pyridine rings is 1. The lowest BCUT2D eigenvalue weighted by atomic mass is 9.86. The number of nitrogens with one attached hydrogen (secondary N) is 1. The van der Waals surface area contributed by atoms with Gasteiger partial charge < -0.3 is 19.5 Å². The lowest BCUT2D eigenvalue weighted by molar-refractivity contribution is -0.125. The minimum Gasteiger partial charge on any atom is -0.494 e. The number of amides is 1. The van der Waals surface area contributed by atoms with Crippen LogP contribution in [0.4, 0.5) is 5.95 Å². The predicted octanol–water partition coefficient (Wildman–Crippen LogP) is 2.35. The normalized spacial score (nSPS) is 18.6. The highest BCUT2D eigenvalue weighted by molar-refractivity contribution is 6.45. The van der Waals surface area contributed by atoms with Gasteiger partial charge in [0.25, 0.3) is 11.7 Å². The second-order valence-electron chi connectivity index (χ2n) is 10.6. The van der Waals surface area contributed by atoms with E-state index in [0.29, 0.717) is 41.4 Å². The molecule has 1 atom stereocenters. The molecule has 7 rings (SSSR count). The number of aryl methyl sites for hydroxylation is 1. The zero-order chi connectivity index (χ0) is 28.1. The number of hydrogen-bond donors (Lipinski definition) is 1. The number of likely N-dealkylation sites (tertiary alicyclic amines) is 1. The minimum atomic E-state index is -0.586. The molecular weight excluding hydrogens is 524 g/mol. The second kappa shape index (κ2) is 9.54. The highest BCUT2D eigenvalue weighted by Crippen LogP contribution is 2.41. The summed E-state index contributed by atoms with van der Waals surface area (Å²) in [6.45, 7) is 4.36. The van der Waals surface area contributed by atoms with Crippen LogP contribution in [0.25, 0.3) is 22.4 Å². The Hall–Kier alpha value is -5.07. The molecule has 1 spiro atoms. The van der Waals surface area contributed by atoms with Crippen LogP contribution in [0, 0.1) is 12.3 Å². The lowest BCUT2D eigenvalue weighted by Gasteiger charge is -2.25. The standard InChI is InChI=1S/C28H28N10O3/c1-18-32-17-37(34-18)25-23-22(21(41-2)13-30-25)20(12-29-23)24(39)26(40)35-10-8-28(14-35)9-11-36(15-28)27-31-16-33-38(27)19-6-4-3-5-7-19/h3-7,12-13,16-17,29H,8-11,14-15H2,1-2H3. The first kappa shape index (κ1) is 24.9. The van der Waals surface area contributed by atoms with Gasteiger partial charge in [-0.1, -0.05) is 18.2 Å². The Morgan fingerprint density at radius 1 is 1.05 bits per heavy atom. The van der Waals surface area contributed by atoms with Crippen molar-refractivity contribution in [1.29, 1.82) is 0 Å². The highest BCUT2D eigenvalue weighted by Gasteiger charge is 2.46. The van der Waals surface area contributed by atoms with Crippen LogP contribution in [-0.4, -0.2) is 89.4 Å². The molecule has 2 saturated heterocycles. The monoisotopic (exact) mass is 552 g/mol. The van der Waals surface area contributed by atoms with Gasteiger partial charge in [0, 0.05) is 37.8 Å². The smallest absolute Gasteiger partial charge is 0.295 e. The third-order valence-electron chi connectivity index (χ3n) is 8.11. The van der Waals surface area contributed by atoms with E-state index in [9.17, 15) is 9.59 Å². The van der Waals surface area contributed by atoms with E-state index in [1.54, 1.807) is 30.7 Å². The molecular formula is C28H28N10O3. The number of aromatic amines is 1. The number of rotatable bonds is 6. The molecule has 0 bridgehead atoms. The number of aromatic nitrogens is 8. The van der Waals surface area contributed by atoms with E-state index in [1.807, 2.05) is 35.0 Å². The Labute approximate surface area is 234 Å². The molecule has 13 heteroatoms. The number of nitrogens with zero attached hydrogens (tertiary/aromatic N) is 9. The maximum Gasteiger partial charge on any atom is 0.295 e. The Morgan fingerprint density at radius 2 is 1.88 bits per heavy atom. The molecule has 6 heterocycles. The Bertz CT molecular complexity index is 1770. The van der Waals surface area contributed by atoms with Gasteiger partial charge >= 0.3 is 0 Å². The van der Waals surface area contributed by atoms with Crippen molar-refractivity contribution in [3.63, 3.8) is 0 Å². The van der Waals surface area contributed by atoms with Crippen LogP contribution in [0.5, 0.6) is 5.75 Å². The zero-order valence-electron chi connectivity index (χ0n) is 22.7. The molecule has 1 unspecified atom stereocenters. The van der Waals surface area contributed by atoms with Gasteiger partial charge in [0.15, 0.2) is 5.82 Å². The summed E-state index contributed by atoms with van der Waals surface area (Å²) in [5.74, 6) is 1.12. The van der Waals surface area contributed by atoms with Crippen LogP contribution in [0.1, 0.15) is 29.0 Å². The van der Waals surface area contributed by atoms with Gasteiger partial charge in [-0.25, -0.2) is 14.6 Å². The minimum absolute atomic E-state index is 0.108. The average Bonchev–Trinajstić information content (AvgIpc) is 3.83. The summed E-state index contributed by atoms with van der Waals surface area (Å²) in [7, 11) is 1.51. The van der Waals surface area contributed by atoms with Crippen molar-refractivity contribution in [2.75, 3.05) is 38.2 Å². The topological polar surface area (TPSA) is 140 Å². The first-order valence-corrected chi connectivity index (χ1v) is 13.4. The van der Waals surface area contributed by atoms with Crippen molar-refractivity contribution in [2.24, 2.45) is 5.41 Å². The van der Waals surface area contributed by atoms with Gasteiger partial charge in [0.05, 0.1) is 35.5 Å². The second-order valence-corrected chi connectivity index (χ2v) is 10.6. The third kappa shape index (κ3) is 4.12. The first-order valence-electron chi connectivity index (χ1n) is 13.4. The largest absolute Gasteiger partial charge is 0.494 e. The van der Waals surface area contributed by atoms with Gasteiger partial charge in [0.1, 0.15) is 24.2 Å². The Morgan fingerprint density at radius 3 is 2.66 bits per heavy atom. The number of carbonyl (C=O) groups excluding carboxylic acids is 2. The summed E-state index contributed by atoms with van der Waals surface area (Å²) < 4.78 is 8.89. The molecule has 2 aliphatic heterocycles. The van der Waals surface area contributed by atoms with Crippen molar-refractivity contribution < 1.29 is 14.3 Å². The van der Waals surface area contributed by atoms with Gasteiger partial charge in [-0.05, 0) is 31.9 Å². The molecule has 1 aromatic carbocycles. The fourth-order valence-corrected chi connectivity index (χ4v) is 6.07. The van der Waals surface area contributed by atoms with Crippen molar-refractivity contribution in [2.45, 2.75) is 19.8 Å². The number of fused-ring (bicyclic) bond motifs is 1. The summed E-state index contributed by atoms with van der Waals surface area (Å²) >= 11 is 0. The quantitative estimate of drug-likeness (QED) is 0.248. The Balaban J connectivity index is 1.11. The zero-order valence-corrected chi connectivity index (χ0v) is 22.7. The summed E-state index contributed by atoms with van der Waals surface area (Å²) in [4.78, 5) is 47.4. The van der Waals surface area contributed by atoms with Crippen molar-refractivity contribution >= 4 is 28.5 Å². The number of Topliss-reactive ketones (excluding diaryl/α,β-unsaturated/α-hetero) is 1. The number of hydrogen-bond acceptors (Lipinski definition) is 9. The number of carbonyl (C=O) groups is 2. The molecule has 0 radical (unpaired) electrons. The van der Waals surface area contributed by atoms with Crippen LogP contribution in [0.3, 0.4) is 0 Å². The third-order valence-corrected chi connectivity index (χ3v) is 8.11. The number of ketones is 1. The number of anilines is 1. The van der Waals surface area contributed by atoms with E-state index in [4.69, 9.17) is 4.74 Å². The van der Waals surface area contributed by atoms with Crippen LogP contribution in [0.2, 0.25) is 0 Å². The molecule has 2 fully saturated rings. The maximum absolute atomic E-state index is 13.6. The molecule has 1 amide bonds. The first-order chi connectivity index (χ1) is 20.0. The molecule has 1 N–H and O–H groups in total. The number of ether oxygens (including phenoxy) is 1. The van der Waals surface area contributed by atoms with Gasteiger partial charge in [-0.3, -0.25) is 9.59 Å². The van der Waals surface area contributed by atoms with E-state index in [-0.39, 0.29) is 11.0 Å². The van der Waals surface area contributed by atoms with Gasteiger partial charge in [-0.15, -0.1) is 0 Å². The van der Waals surface area contributed by atoms with E-state index in [1.165, 1.54) is 18.0 Å². The summed E-state index contributed by atoms with van der Waals surface area (Å²) in [5.41, 5.74) is 1.62. The molecule has 2 aliphatic rings. The van der Waals surface area contributed by atoms with E-state index >= 15 is 0 Å². The lowest BCUT2D eigenvalue weighted by Crippen LogP contribution is -2.38. The van der Waals surface area contributed by atoms with E-state index < -0.39 is 11.7 Å². The van der Waals surface area contributed by atoms with E-state index in [2.05, 4.69) is 35.0 Å². The van der Waals surface area contributed by atoms with Crippen LogP contribution >= 0.6 is 0 Å². The highest BCUT2D eigenvalue weighted by atomic mass is 16.5. The van der Waals surface area contributed by atoms with Crippen LogP contribution in [0.15, 0.2) is 55.4 Å².